The second kappa shape index (κ2) is 6.13. The average molecular weight is 301 g/mol. The van der Waals surface area contributed by atoms with Crippen molar-refractivity contribution in [1.82, 2.24) is 0 Å². The van der Waals surface area contributed by atoms with Gasteiger partial charge in [0.25, 0.3) is 0 Å². The van der Waals surface area contributed by atoms with E-state index in [1.54, 1.807) is 19.9 Å². The number of carbonyl (C=O) groups is 2. The van der Waals surface area contributed by atoms with E-state index in [1.807, 2.05) is 0 Å². The first-order valence-corrected chi connectivity index (χ1v) is 6.28. The molecule has 0 aromatic heterocycles. The molecule has 0 saturated carbocycles. The van der Waals surface area contributed by atoms with Gasteiger partial charge in [-0.3, -0.25) is 9.59 Å². The number of carboxylic acid groups (broad SMARTS) is 1. The van der Waals surface area contributed by atoms with Gasteiger partial charge in [-0.05, 0) is 6.07 Å². The zero-order chi connectivity index (χ0) is 15.5. The van der Waals surface area contributed by atoms with Gasteiger partial charge in [-0.1, -0.05) is 25.4 Å². The van der Waals surface area contributed by atoms with Crippen LogP contribution in [0.3, 0.4) is 0 Å². The van der Waals surface area contributed by atoms with E-state index in [2.05, 4.69) is 0 Å². The molecule has 1 rings (SSSR count). The van der Waals surface area contributed by atoms with E-state index in [4.69, 9.17) is 26.2 Å². The van der Waals surface area contributed by atoms with Gasteiger partial charge < -0.3 is 14.6 Å². The van der Waals surface area contributed by atoms with E-state index in [-0.39, 0.29) is 22.8 Å². The van der Waals surface area contributed by atoms with Crippen LogP contribution in [0.5, 0.6) is 11.5 Å². The first kappa shape index (κ1) is 16.3. The Morgan fingerprint density at radius 1 is 1.35 bits per heavy atom. The molecule has 0 unspecified atom stereocenters. The SMILES string of the molecule is COc1c(C(C)(C)CC(=O)O)cc(Cl)c(C=O)c1OC. The zero-order valence-corrected chi connectivity index (χ0v) is 12.6. The minimum Gasteiger partial charge on any atom is -0.493 e. The van der Waals surface area contributed by atoms with E-state index >= 15 is 0 Å². The monoisotopic (exact) mass is 300 g/mol. The number of carboxylic acids is 1. The summed E-state index contributed by atoms with van der Waals surface area (Å²) in [7, 11) is 2.83. The number of ether oxygens (including phenoxy) is 2. The highest BCUT2D eigenvalue weighted by atomic mass is 35.5. The first-order valence-electron chi connectivity index (χ1n) is 5.90. The van der Waals surface area contributed by atoms with Gasteiger partial charge in [0, 0.05) is 11.0 Å². The van der Waals surface area contributed by atoms with Crippen LogP contribution in [0.15, 0.2) is 6.07 Å². The van der Waals surface area contributed by atoms with Crippen LogP contribution in [-0.2, 0) is 10.2 Å². The number of benzene rings is 1. The van der Waals surface area contributed by atoms with Crippen LogP contribution >= 0.6 is 11.6 Å². The summed E-state index contributed by atoms with van der Waals surface area (Å²) in [4.78, 5) is 22.1. The molecule has 0 radical (unpaired) electrons. The summed E-state index contributed by atoms with van der Waals surface area (Å²) in [5.74, 6) is -0.402. The quantitative estimate of drug-likeness (QED) is 0.818. The molecule has 0 heterocycles. The van der Waals surface area contributed by atoms with E-state index in [0.29, 0.717) is 17.6 Å². The summed E-state index contributed by atoms with van der Waals surface area (Å²) < 4.78 is 10.5. The highest BCUT2D eigenvalue weighted by Crippen LogP contribution is 2.44. The lowest BCUT2D eigenvalue weighted by molar-refractivity contribution is -0.138. The molecular formula is C14H17ClO5. The number of halogens is 1. The summed E-state index contributed by atoms with van der Waals surface area (Å²) >= 11 is 6.07. The maximum absolute atomic E-state index is 11.1. The molecule has 1 aromatic carbocycles. The molecule has 110 valence electrons. The van der Waals surface area contributed by atoms with Crippen LogP contribution in [0, 0.1) is 0 Å². The van der Waals surface area contributed by atoms with Gasteiger partial charge in [0.05, 0.1) is 31.2 Å². The molecular weight excluding hydrogens is 284 g/mol. The lowest BCUT2D eigenvalue weighted by atomic mass is 9.80. The molecule has 0 spiro atoms. The Labute approximate surface area is 122 Å². The molecule has 6 heteroatoms. The maximum Gasteiger partial charge on any atom is 0.304 e. The van der Waals surface area contributed by atoms with Crippen molar-refractivity contribution in [2.75, 3.05) is 14.2 Å². The Bertz CT molecular complexity index is 537. The lowest BCUT2D eigenvalue weighted by Gasteiger charge is -2.27. The number of hydrogen-bond donors (Lipinski definition) is 1. The fourth-order valence-electron chi connectivity index (χ4n) is 2.11. The van der Waals surface area contributed by atoms with Gasteiger partial charge in [0.1, 0.15) is 0 Å². The summed E-state index contributed by atoms with van der Waals surface area (Å²) in [6.07, 6.45) is 0.473. The molecule has 0 aliphatic heterocycles. The van der Waals surface area contributed by atoms with Crippen molar-refractivity contribution < 1.29 is 24.2 Å². The molecule has 0 aliphatic carbocycles. The summed E-state index contributed by atoms with van der Waals surface area (Å²) in [5.41, 5.74) is 0.0333. The van der Waals surface area contributed by atoms with Gasteiger partial charge in [-0.25, -0.2) is 0 Å². The van der Waals surface area contributed by atoms with Crippen molar-refractivity contribution in [1.29, 1.82) is 0 Å². The zero-order valence-electron chi connectivity index (χ0n) is 11.8. The van der Waals surface area contributed by atoms with Crippen molar-refractivity contribution in [3.05, 3.63) is 22.2 Å². The number of aliphatic carboxylic acids is 1. The second-order valence-corrected chi connectivity index (χ2v) is 5.37. The van der Waals surface area contributed by atoms with Crippen molar-refractivity contribution in [3.8, 4) is 11.5 Å². The van der Waals surface area contributed by atoms with Crippen molar-refractivity contribution in [3.63, 3.8) is 0 Å². The molecule has 0 fully saturated rings. The number of methoxy groups -OCH3 is 2. The Morgan fingerprint density at radius 2 is 1.90 bits per heavy atom. The molecule has 0 bridgehead atoms. The molecule has 1 aromatic rings. The van der Waals surface area contributed by atoms with Crippen LogP contribution in [-0.4, -0.2) is 31.6 Å². The standard InChI is InChI=1S/C14H17ClO5/c1-14(2,6-11(17)18)9-5-10(15)8(7-16)12(19-3)13(9)20-4/h5,7H,6H2,1-4H3,(H,17,18). The smallest absolute Gasteiger partial charge is 0.304 e. The fraction of sp³-hybridized carbons (Fsp3) is 0.429. The van der Waals surface area contributed by atoms with Crippen LogP contribution in [0.1, 0.15) is 36.2 Å². The van der Waals surface area contributed by atoms with Crippen LogP contribution < -0.4 is 9.47 Å². The second-order valence-electron chi connectivity index (χ2n) is 4.96. The predicted molar refractivity (Wildman–Crippen MR) is 75.2 cm³/mol. The average Bonchev–Trinajstić information content (AvgIpc) is 2.35. The highest BCUT2D eigenvalue weighted by Gasteiger charge is 2.31. The number of carbonyl (C=O) groups excluding carboxylic acids is 1. The molecule has 0 aliphatic rings. The topological polar surface area (TPSA) is 72.8 Å². The fourth-order valence-corrected chi connectivity index (χ4v) is 2.35. The van der Waals surface area contributed by atoms with E-state index in [9.17, 15) is 9.59 Å². The number of aldehydes is 1. The maximum atomic E-state index is 11.1. The molecule has 5 nitrogen and oxygen atoms in total. The lowest BCUT2D eigenvalue weighted by Crippen LogP contribution is -2.23. The number of rotatable bonds is 6. The molecule has 20 heavy (non-hydrogen) atoms. The summed E-state index contributed by atoms with van der Waals surface area (Å²) in [6, 6.07) is 1.55. The van der Waals surface area contributed by atoms with Gasteiger partial charge in [-0.15, -0.1) is 0 Å². The third-order valence-electron chi connectivity index (χ3n) is 3.07. The van der Waals surface area contributed by atoms with Crippen LogP contribution in [0.25, 0.3) is 0 Å². The molecule has 0 amide bonds. The highest BCUT2D eigenvalue weighted by molar-refractivity contribution is 6.33. The Hall–Kier alpha value is -1.75. The van der Waals surface area contributed by atoms with Gasteiger partial charge >= 0.3 is 5.97 Å². The molecule has 1 N–H and O–H groups in total. The Morgan fingerprint density at radius 3 is 2.30 bits per heavy atom. The minimum absolute atomic E-state index is 0.108. The van der Waals surface area contributed by atoms with Gasteiger partial charge in [0.2, 0.25) is 0 Å². The first-order chi connectivity index (χ1) is 9.28. The van der Waals surface area contributed by atoms with E-state index < -0.39 is 11.4 Å². The van der Waals surface area contributed by atoms with Crippen LogP contribution in [0.4, 0.5) is 0 Å². The van der Waals surface area contributed by atoms with Gasteiger partial charge in [0.15, 0.2) is 17.8 Å². The Kier molecular flexibility index (Phi) is 5.00. The summed E-state index contributed by atoms with van der Waals surface area (Å²) in [5, 5.41) is 9.21. The Balaban J connectivity index is 3.59. The van der Waals surface area contributed by atoms with Crippen LogP contribution in [0.2, 0.25) is 5.02 Å². The molecule has 0 saturated heterocycles. The number of hydrogen-bond acceptors (Lipinski definition) is 4. The normalized spacial score (nSPS) is 11.1. The van der Waals surface area contributed by atoms with E-state index in [0.717, 1.165) is 0 Å². The van der Waals surface area contributed by atoms with Gasteiger partial charge in [-0.2, -0.15) is 0 Å². The third kappa shape index (κ3) is 3.04. The molecule has 0 atom stereocenters. The minimum atomic E-state index is -0.938. The van der Waals surface area contributed by atoms with Crippen molar-refractivity contribution >= 4 is 23.9 Å². The predicted octanol–water partition coefficient (Wildman–Crippen LogP) is 2.92. The third-order valence-corrected chi connectivity index (χ3v) is 3.38. The van der Waals surface area contributed by atoms with Crippen molar-refractivity contribution in [2.45, 2.75) is 25.7 Å². The van der Waals surface area contributed by atoms with Crippen molar-refractivity contribution in [2.24, 2.45) is 0 Å². The summed E-state index contributed by atoms with van der Waals surface area (Å²) in [6.45, 7) is 3.52. The van der Waals surface area contributed by atoms with E-state index in [1.165, 1.54) is 14.2 Å². The largest absolute Gasteiger partial charge is 0.493 e.